The minimum atomic E-state index is 1.29. The van der Waals surface area contributed by atoms with Gasteiger partial charge in [0.1, 0.15) is 0 Å². The van der Waals surface area contributed by atoms with Crippen molar-refractivity contribution in [1.82, 2.24) is 0 Å². The van der Waals surface area contributed by atoms with Crippen molar-refractivity contribution in [3.8, 4) is 66.8 Å². The molecule has 1 aliphatic carbocycles. The first-order valence-corrected chi connectivity index (χ1v) is 20.4. The topological polar surface area (TPSA) is 0 Å². The summed E-state index contributed by atoms with van der Waals surface area (Å²) in [4.78, 5) is 0. The minimum Gasteiger partial charge on any atom is -0.135 e. The van der Waals surface area contributed by atoms with Crippen molar-refractivity contribution < 1.29 is 0 Å². The minimum absolute atomic E-state index is 1.29. The first kappa shape index (κ1) is 31.7. The zero-order valence-electron chi connectivity index (χ0n) is 30.7. The Hall–Kier alpha value is -5.80. The predicted octanol–water partition coefficient (Wildman–Crippen LogP) is 16.0. The summed E-state index contributed by atoms with van der Waals surface area (Å²) >= 11 is 3.82. The van der Waals surface area contributed by atoms with Gasteiger partial charge in [-0.3, -0.25) is 0 Å². The van der Waals surface area contributed by atoms with Crippen LogP contribution in [-0.4, -0.2) is 0 Å². The van der Waals surface area contributed by atoms with Crippen LogP contribution < -0.4 is 0 Å². The van der Waals surface area contributed by atoms with E-state index < -0.39 is 0 Å². The van der Waals surface area contributed by atoms with E-state index in [1.165, 1.54) is 129 Å². The third kappa shape index (κ3) is 4.42. The van der Waals surface area contributed by atoms with Crippen molar-refractivity contribution >= 4 is 63.0 Å². The summed E-state index contributed by atoms with van der Waals surface area (Å²) in [6.07, 6.45) is 0. The normalized spacial score (nSPS) is 12.1. The fraction of sp³-hybridized carbons (Fsp3) is 0.0769. The van der Waals surface area contributed by atoms with Crippen LogP contribution in [0.3, 0.4) is 0 Å². The van der Waals surface area contributed by atoms with Crippen LogP contribution in [0.2, 0.25) is 0 Å². The number of fused-ring (bicyclic) bond motifs is 16. The van der Waals surface area contributed by atoms with Crippen molar-refractivity contribution in [3.05, 3.63) is 168 Å². The highest BCUT2D eigenvalue weighted by Crippen LogP contribution is 2.58. The summed E-state index contributed by atoms with van der Waals surface area (Å²) in [5, 5.41) is 5.38. The molecule has 0 radical (unpaired) electrons. The Morgan fingerprint density at radius 3 is 1.07 bits per heavy atom. The fourth-order valence-electron chi connectivity index (χ4n) is 9.45. The molecular formula is C52H36S2. The highest BCUT2D eigenvalue weighted by molar-refractivity contribution is 7.26. The molecular weight excluding hydrogens is 689 g/mol. The number of hydrogen-bond donors (Lipinski definition) is 0. The first-order valence-electron chi connectivity index (χ1n) is 18.8. The largest absolute Gasteiger partial charge is 0.135 e. The maximum absolute atomic E-state index is 2.43. The molecule has 0 saturated carbocycles. The highest BCUT2D eigenvalue weighted by Gasteiger charge is 2.31. The maximum Gasteiger partial charge on any atom is 0.0362 e. The van der Waals surface area contributed by atoms with E-state index in [9.17, 15) is 0 Å². The molecule has 10 aromatic rings. The van der Waals surface area contributed by atoms with Crippen molar-refractivity contribution in [2.45, 2.75) is 27.7 Å². The van der Waals surface area contributed by atoms with E-state index in [-0.39, 0.29) is 0 Å². The van der Waals surface area contributed by atoms with E-state index in [0.29, 0.717) is 0 Å². The third-order valence-corrected chi connectivity index (χ3v) is 14.2. The third-order valence-electron chi connectivity index (χ3n) is 12.0. The number of rotatable bonds is 2. The van der Waals surface area contributed by atoms with Gasteiger partial charge >= 0.3 is 0 Å². The molecule has 0 N–H and O–H groups in total. The van der Waals surface area contributed by atoms with Crippen molar-refractivity contribution in [3.63, 3.8) is 0 Å². The predicted molar refractivity (Wildman–Crippen MR) is 237 cm³/mol. The van der Waals surface area contributed by atoms with Gasteiger partial charge in [0, 0.05) is 40.3 Å². The standard InChI is InChI=1S/C52H36S2/c1-29-13-5-7-15-33(29)35-21-23-37-38-24-22-36(34-16-8-6-14-30(34)2)32(4)48(38)52-40(26-28-46-50(52)42-18-10-12-20-44(42)54-46)39-25-27-45-49(51(39)47(37)31(35)3)41-17-9-11-19-43(41)53-45/h5-28H,1-4H3. The molecule has 0 saturated heterocycles. The molecule has 0 unspecified atom stereocenters. The zero-order valence-corrected chi connectivity index (χ0v) is 32.3. The Bertz CT molecular complexity index is 2990. The Labute approximate surface area is 323 Å². The molecule has 0 fully saturated rings. The molecule has 0 spiro atoms. The van der Waals surface area contributed by atoms with Gasteiger partial charge in [0.2, 0.25) is 0 Å². The SMILES string of the molecule is Cc1ccccc1-c1ccc2c(c1C)-c1c(ccc3sc4ccccc4c13)-c1ccc3sc4ccccc4c3c1-c1c-2ccc(-c2ccccc2C)c1C. The van der Waals surface area contributed by atoms with Crippen LogP contribution in [0.4, 0.5) is 0 Å². The van der Waals surface area contributed by atoms with Gasteiger partial charge in [-0.2, -0.15) is 0 Å². The molecule has 0 amide bonds. The smallest absolute Gasteiger partial charge is 0.0362 e. The number of thiophene rings is 2. The average molecular weight is 725 g/mol. The van der Waals surface area contributed by atoms with Crippen LogP contribution >= 0.6 is 22.7 Å². The van der Waals surface area contributed by atoms with E-state index >= 15 is 0 Å². The van der Waals surface area contributed by atoms with Gasteiger partial charge in [-0.05, 0) is 141 Å². The molecule has 2 heteroatoms. The number of aryl methyl sites for hydroxylation is 2. The second-order valence-corrected chi connectivity index (χ2v) is 17.0. The molecule has 11 rings (SSSR count). The van der Waals surface area contributed by atoms with Crippen molar-refractivity contribution in [2.24, 2.45) is 0 Å². The van der Waals surface area contributed by atoms with Crippen LogP contribution in [0.15, 0.2) is 146 Å². The van der Waals surface area contributed by atoms with Crippen LogP contribution in [0, 0.1) is 27.7 Å². The highest BCUT2D eigenvalue weighted by atomic mass is 32.1. The zero-order chi connectivity index (χ0) is 36.2. The Morgan fingerprint density at radius 2 is 0.630 bits per heavy atom. The molecule has 1 aliphatic rings. The van der Waals surface area contributed by atoms with Crippen LogP contribution in [0.1, 0.15) is 22.3 Å². The summed E-state index contributed by atoms with van der Waals surface area (Å²) < 4.78 is 5.32. The monoisotopic (exact) mass is 724 g/mol. The molecule has 256 valence electrons. The second-order valence-electron chi connectivity index (χ2n) is 14.9. The molecule has 8 aromatic carbocycles. The van der Waals surface area contributed by atoms with Crippen molar-refractivity contribution in [1.29, 1.82) is 0 Å². The van der Waals surface area contributed by atoms with E-state index in [2.05, 4.69) is 173 Å². The van der Waals surface area contributed by atoms with Gasteiger partial charge in [0.15, 0.2) is 0 Å². The Morgan fingerprint density at radius 1 is 0.278 bits per heavy atom. The summed E-state index contributed by atoms with van der Waals surface area (Å²) in [5.74, 6) is 0. The Balaban J connectivity index is 1.39. The van der Waals surface area contributed by atoms with Crippen molar-refractivity contribution in [2.75, 3.05) is 0 Å². The molecule has 2 aromatic heterocycles. The van der Waals surface area contributed by atoms with Gasteiger partial charge in [-0.1, -0.05) is 121 Å². The lowest BCUT2D eigenvalue weighted by Crippen LogP contribution is -2.03. The molecule has 54 heavy (non-hydrogen) atoms. The maximum atomic E-state index is 2.43. The lowest BCUT2D eigenvalue weighted by Gasteiger charge is -2.29. The van der Waals surface area contributed by atoms with Gasteiger partial charge in [-0.25, -0.2) is 0 Å². The average Bonchev–Trinajstić information content (AvgIpc) is 3.76. The molecule has 0 nitrogen and oxygen atoms in total. The van der Waals surface area contributed by atoms with Crippen LogP contribution in [0.5, 0.6) is 0 Å². The van der Waals surface area contributed by atoms with Gasteiger partial charge < -0.3 is 0 Å². The summed E-state index contributed by atoms with van der Waals surface area (Å²) in [6, 6.07) is 55.0. The summed E-state index contributed by atoms with van der Waals surface area (Å²) in [5.41, 5.74) is 21.0. The summed E-state index contributed by atoms with van der Waals surface area (Å²) in [6.45, 7) is 9.21. The van der Waals surface area contributed by atoms with Crippen LogP contribution in [-0.2, 0) is 0 Å². The quantitative estimate of drug-likeness (QED) is 0.167. The summed E-state index contributed by atoms with van der Waals surface area (Å²) in [7, 11) is 0. The first-order chi connectivity index (χ1) is 26.5. The number of benzene rings is 8. The van der Waals surface area contributed by atoms with Gasteiger partial charge in [-0.15, -0.1) is 22.7 Å². The lowest BCUT2D eigenvalue weighted by atomic mass is 9.74. The fourth-order valence-corrected chi connectivity index (χ4v) is 11.7. The molecule has 0 bridgehead atoms. The number of hydrogen-bond acceptors (Lipinski definition) is 2. The van der Waals surface area contributed by atoms with Gasteiger partial charge in [0.25, 0.3) is 0 Å². The Kier molecular flexibility index (Phi) is 6.96. The van der Waals surface area contributed by atoms with E-state index in [4.69, 9.17) is 0 Å². The van der Waals surface area contributed by atoms with E-state index in [1.807, 2.05) is 22.7 Å². The van der Waals surface area contributed by atoms with E-state index in [1.54, 1.807) is 0 Å². The van der Waals surface area contributed by atoms with Gasteiger partial charge in [0.05, 0.1) is 0 Å². The second kappa shape index (κ2) is 11.9. The molecule has 0 atom stereocenters. The molecule has 0 aliphatic heterocycles. The van der Waals surface area contributed by atoms with E-state index in [0.717, 1.165) is 0 Å². The lowest BCUT2D eigenvalue weighted by molar-refractivity contribution is 1.39. The van der Waals surface area contributed by atoms with Crippen LogP contribution in [0.25, 0.3) is 107 Å². The molecule has 2 heterocycles.